The summed E-state index contributed by atoms with van der Waals surface area (Å²) in [4.78, 5) is 19.7. The lowest BCUT2D eigenvalue weighted by molar-refractivity contribution is -0.383. The molecule has 2 aromatic heterocycles. The van der Waals surface area contributed by atoms with Crippen LogP contribution in [0.2, 0.25) is 0 Å². The molecule has 4 aromatic rings. The summed E-state index contributed by atoms with van der Waals surface area (Å²) in [5, 5.41) is 16.5. The number of aryl methyl sites for hydroxylation is 1. The minimum Gasteiger partial charge on any atom is -0.380 e. The Morgan fingerprint density at radius 2 is 1.88 bits per heavy atom. The monoisotopic (exact) mass is 344 g/mol. The van der Waals surface area contributed by atoms with Crippen LogP contribution in [0.4, 0.5) is 11.4 Å². The zero-order chi connectivity index (χ0) is 18.1. The van der Waals surface area contributed by atoms with E-state index in [1.165, 1.54) is 6.07 Å². The molecule has 128 valence electrons. The van der Waals surface area contributed by atoms with E-state index in [1.54, 1.807) is 12.3 Å². The third kappa shape index (κ3) is 2.82. The van der Waals surface area contributed by atoms with Crippen LogP contribution in [0.1, 0.15) is 11.3 Å². The van der Waals surface area contributed by atoms with Gasteiger partial charge in [-0.25, -0.2) is 4.98 Å². The Morgan fingerprint density at radius 1 is 1.08 bits per heavy atom. The smallest absolute Gasteiger partial charge is 0.295 e. The normalized spacial score (nSPS) is 11.0. The van der Waals surface area contributed by atoms with Gasteiger partial charge in [-0.15, -0.1) is 0 Å². The van der Waals surface area contributed by atoms with Crippen molar-refractivity contribution in [1.29, 1.82) is 0 Å². The second kappa shape index (κ2) is 6.40. The quantitative estimate of drug-likeness (QED) is 0.432. The molecule has 0 spiro atoms. The van der Waals surface area contributed by atoms with Crippen LogP contribution in [-0.4, -0.2) is 14.9 Å². The standard InChI is InChI=1S/C20H16N4O2/c1-13-11-17(16-8-3-9-18(24(25)26)20(16)23-13)22-12-15-6-2-5-14-7-4-10-21-19(14)15/h2-11H,12H2,1H3,(H,22,23). The molecule has 26 heavy (non-hydrogen) atoms. The number of nitro benzene ring substituents is 1. The Kier molecular flexibility index (Phi) is 3.93. The van der Waals surface area contributed by atoms with Crippen LogP contribution in [0, 0.1) is 17.0 Å². The predicted molar refractivity (Wildman–Crippen MR) is 102 cm³/mol. The molecule has 1 N–H and O–H groups in total. The van der Waals surface area contributed by atoms with Crippen molar-refractivity contribution in [1.82, 2.24) is 9.97 Å². The van der Waals surface area contributed by atoms with Crippen molar-refractivity contribution in [3.05, 3.63) is 82.2 Å². The number of benzene rings is 2. The lowest BCUT2D eigenvalue weighted by atomic mass is 10.1. The molecular formula is C20H16N4O2. The molecule has 0 amide bonds. The molecule has 0 saturated carbocycles. The van der Waals surface area contributed by atoms with Gasteiger partial charge in [-0.3, -0.25) is 15.1 Å². The summed E-state index contributed by atoms with van der Waals surface area (Å²) in [6, 6.07) is 16.9. The lowest BCUT2D eigenvalue weighted by Gasteiger charge is -2.12. The van der Waals surface area contributed by atoms with Crippen molar-refractivity contribution >= 4 is 33.2 Å². The minimum atomic E-state index is -0.396. The highest BCUT2D eigenvalue weighted by Gasteiger charge is 2.15. The van der Waals surface area contributed by atoms with Crippen LogP contribution < -0.4 is 5.32 Å². The zero-order valence-electron chi connectivity index (χ0n) is 14.1. The molecular weight excluding hydrogens is 328 g/mol. The van der Waals surface area contributed by atoms with Gasteiger partial charge in [-0.05, 0) is 24.6 Å². The van der Waals surface area contributed by atoms with Crippen LogP contribution in [-0.2, 0) is 6.54 Å². The highest BCUT2D eigenvalue weighted by atomic mass is 16.6. The van der Waals surface area contributed by atoms with Gasteiger partial charge in [-0.1, -0.05) is 36.4 Å². The van der Waals surface area contributed by atoms with Gasteiger partial charge in [0.2, 0.25) is 0 Å². The first-order valence-corrected chi connectivity index (χ1v) is 8.25. The van der Waals surface area contributed by atoms with Gasteiger partial charge in [0.05, 0.1) is 10.4 Å². The van der Waals surface area contributed by atoms with E-state index in [1.807, 2.05) is 49.4 Å². The Hall–Kier alpha value is -3.54. The van der Waals surface area contributed by atoms with E-state index < -0.39 is 4.92 Å². The van der Waals surface area contributed by atoms with Gasteiger partial charge in [0.25, 0.3) is 5.69 Å². The number of anilines is 1. The van der Waals surface area contributed by atoms with E-state index in [4.69, 9.17) is 0 Å². The number of nitrogens with one attached hydrogen (secondary N) is 1. The number of hydrogen-bond donors (Lipinski definition) is 1. The molecule has 2 aromatic carbocycles. The van der Waals surface area contributed by atoms with Crippen LogP contribution in [0.15, 0.2) is 60.8 Å². The largest absolute Gasteiger partial charge is 0.380 e. The maximum absolute atomic E-state index is 11.3. The molecule has 0 radical (unpaired) electrons. The summed E-state index contributed by atoms with van der Waals surface area (Å²) in [6.45, 7) is 2.40. The molecule has 0 aliphatic carbocycles. The van der Waals surface area contributed by atoms with Gasteiger partial charge in [-0.2, -0.15) is 0 Å². The van der Waals surface area contributed by atoms with Crippen LogP contribution in [0.5, 0.6) is 0 Å². The zero-order valence-corrected chi connectivity index (χ0v) is 14.1. The molecule has 0 aliphatic heterocycles. The first kappa shape index (κ1) is 16.0. The highest BCUT2D eigenvalue weighted by Crippen LogP contribution is 2.30. The number of aromatic nitrogens is 2. The predicted octanol–water partition coefficient (Wildman–Crippen LogP) is 4.61. The molecule has 0 unspecified atom stereocenters. The number of nitro groups is 1. The van der Waals surface area contributed by atoms with Gasteiger partial charge < -0.3 is 5.32 Å². The summed E-state index contributed by atoms with van der Waals surface area (Å²) in [6.07, 6.45) is 1.78. The number of hydrogen-bond acceptors (Lipinski definition) is 5. The van der Waals surface area contributed by atoms with Crippen LogP contribution in [0.25, 0.3) is 21.8 Å². The van der Waals surface area contributed by atoms with Crippen molar-refractivity contribution < 1.29 is 4.92 Å². The number of rotatable bonds is 4. The van der Waals surface area contributed by atoms with E-state index in [9.17, 15) is 10.1 Å². The van der Waals surface area contributed by atoms with E-state index in [0.717, 1.165) is 33.2 Å². The maximum atomic E-state index is 11.3. The van der Waals surface area contributed by atoms with Crippen molar-refractivity contribution in [3.63, 3.8) is 0 Å². The minimum absolute atomic E-state index is 0.0149. The third-order valence-electron chi connectivity index (χ3n) is 4.33. The second-order valence-electron chi connectivity index (χ2n) is 6.09. The second-order valence-corrected chi connectivity index (χ2v) is 6.09. The number of non-ortho nitro benzene ring substituents is 1. The molecule has 0 bridgehead atoms. The first-order valence-electron chi connectivity index (χ1n) is 8.25. The molecule has 6 heteroatoms. The van der Waals surface area contributed by atoms with Gasteiger partial charge in [0.15, 0.2) is 5.52 Å². The maximum Gasteiger partial charge on any atom is 0.295 e. The fourth-order valence-corrected chi connectivity index (χ4v) is 3.16. The van der Waals surface area contributed by atoms with E-state index in [0.29, 0.717) is 12.1 Å². The SMILES string of the molecule is Cc1cc(NCc2cccc3cccnc23)c2cccc([N+](=O)[O-])c2n1. The molecule has 6 nitrogen and oxygen atoms in total. The summed E-state index contributed by atoms with van der Waals surface area (Å²) in [5.41, 5.74) is 3.98. The summed E-state index contributed by atoms with van der Waals surface area (Å²) >= 11 is 0. The topological polar surface area (TPSA) is 81.0 Å². The molecule has 0 aliphatic rings. The van der Waals surface area contributed by atoms with E-state index >= 15 is 0 Å². The summed E-state index contributed by atoms with van der Waals surface area (Å²) in [7, 11) is 0. The van der Waals surface area contributed by atoms with Gasteiger partial charge >= 0.3 is 0 Å². The first-order chi connectivity index (χ1) is 12.6. The van der Waals surface area contributed by atoms with Gasteiger partial charge in [0.1, 0.15) is 0 Å². The Labute approximate surface area is 149 Å². The average molecular weight is 344 g/mol. The van der Waals surface area contributed by atoms with Crippen LogP contribution in [0.3, 0.4) is 0 Å². The Balaban J connectivity index is 1.76. The average Bonchev–Trinajstić information content (AvgIpc) is 2.65. The highest BCUT2D eigenvalue weighted by molar-refractivity contribution is 5.96. The van der Waals surface area contributed by atoms with E-state index in [-0.39, 0.29) is 5.69 Å². The third-order valence-corrected chi connectivity index (χ3v) is 4.33. The summed E-state index contributed by atoms with van der Waals surface area (Å²) in [5.74, 6) is 0. The van der Waals surface area contributed by atoms with Gasteiger partial charge in [0, 0.05) is 41.0 Å². The fourth-order valence-electron chi connectivity index (χ4n) is 3.16. The molecule has 0 saturated heterocycles. The van der Waals surface area contributed by atoms with Crippen molar-refractivity contribution in [2.75, 3.05) is 5.32 Å². The Bertz CT molecular complexity index is 1140. The Morgan fingerprint density at radius 3 is 2.73 bits per heavy atom. The number of fused-ring (bicyclic) bond motifs is 2. The lowest BCUT2D eigenvalue weighted by Crippen LogP contribution is -2.03. The van der Waals surface area contributed by atoms with Crippen molar-refractivity contribution in [2.24, 2.45) is 0 Å². The number of pyridine rings is 2. The van der Waals surface area contributed by atoms with Crippen molar-refractivity contribution in [2.45, 2.75) is 13.5 Å². The molecule has 2 heterocycles. The summed E-state index contributed by atoms with van der Waals surface area (Å²) < 4.78 is 0. The number of nitrogens with zero attached hydrogens (tertiary/aromatic N) is 3. The molecule has 0 atom stereocenters. The fraction of sp³-hybridized carbons (Fsp3) is 0.100. The van der Waals surface area contributed by atoms with Crippen molar-refractivity contribution in [3.8, 4) is 0 Å². The molecule has 0 fully saturated rings. The van der Waals surface area contributed by atoms with E-state index in [2.05, 4.69) is 15.3 Å². The van der Waals surface area contributed by atoms with Crippen LogP contribution >= 0.6 is 0 Å². The number of para-hydroxylation sites is 2. The molecule has 4 rings (SSSR count).